The van der Waals surface area contributed by atoms with Crippen molar-refractivity contribution < 1.29 is 5.11 Å². The highest BCUT2D eigenvalue weighted by Gasteiger charge is 2.27. The Morgan fingerprint density at radius 1 is 1.17 bits per heavy atom. The number of hydrogen-bond donors (Lipinski definition) is 1. The van der Waals surface area contributed by atoms with Gasteiger partial charge in [0.25, 0.3) is 0 Å². The highest BCUT2D eigenvalue weighted by atomic mass is 16.3. The molecule has 1 aromatic carbocycles. The van der Waals surface area contributed by atoms with Gasteiger partial charge < -0.3 is 9.67 Å². The molecule has 1 N–H and O–H groups in total. The molecule has 0 bridgehead atoms. The minimum absolute atomic E-state index is 0.163. The van der Waals surface area contributed by atoms with Crippen LogP contribution in [0.1, 0.15) is 61.4 Å². The molecule has 2 unspecified atom stereocenters. The van der Waals surface area contributed by atoms with Gasteiger partial charge in [-0.15, -0.1) is 0 Å². The zero-order chi connectivity index (χ0) is 16.2. The van der Waals surface area contributed by atoms with Crippen LogP contribution >= 0.6 is 0 Å². The van der Waals surface area contributed by atoms with Gasteiger partial charge in [-0.2, -0.15) is 0 Å². The molecule has 1 aliphatic rings. The van der Waals surface area contributed by atoms with E-state index < -0.39 is 0 Å². The summed E-state index contributed by atoms with van der Waals surface area (Å²) in [6.07, 6.45) is 10.5. The zero-order valence-electron chi connectivity index (χ0n) is 14.3. The summed E-state index contributed by atoms with van der Waals surface area (Å²) < 4.78 is 2.22. The van der Waals surface area contributed by atoms with Crippen molar-refractivity contribution in [3.8, 4) is 0 Å². The van der Waals surface area contributed by atoms with Crippen LogP contribution in [0.25, 0.3) is 0 Å². The lowest BCUT2D eigenvalue weighted by molar-refractivity contribution is 0.0677. The van der Waals surface area contributed by atoms with Crippen LogP contribution in [-0.4, -0.2) is 20.8 Å². The molecule has 1 fully saturated rings. The first kappa shape index (κ1) is 16.3. The van der Waals surface area contributed by atoms with E-state index >= 15 is 0 Å². The van der Waals surface area contributed by atoms with Gasteiger partial charge in [-0.25, -0.2) is 4.98 Å². The summed E-state index contributed by atoms with van der Waals surface area (Å²) in [6.45, 7) is 4.24. The maximum atomic E-state index is 10.9. The molecule has 0 spiro atoms. The Hall–Kier alpha value is -1.61. The molecule has 1 saturated carbocycles. The maximum absolute atomic E-state index is 10.9. The van der Waals surface area contributed by atoms with Crippen molar-refractivity contribution in [3.05, 3.63) is 53.6 Å². The topological polar surface area (TPSA) is 38.0 Å². The summed E-state index contributed by atoms with van der Waals surface area (Å²) in [7, 11) is 0. The van der Waals surface area contributed by atoms with Crippen molar-refractivity contribution in [3.63, 3.8) is 0 Å². The van der Waals surface area contributed by atoms with Gasteiger partial charge in [0.1, 0.15) is 0 Å². The van der Waals surface area contributed by atoms with Crippen molar-refractivity contribution in [1.29, 1.82) is 0 Å². The second-order valence-electron chi connectivity index (χ2n) is 7.02. The molecule has 2 atom stereocenters. The van der Waals surface area contributed by atoms with Crippen molar-refractivity contribution in [2.24, 2.45) is 5.92 Å². The van der Waals surface area contributed by atoms with E-state index in [1.807, 2.05) is 12.5 Å². The van der Waals surface area contributed by atoms with E-state index in [-0.39, 0.29) is 12.1 Å². The lowest BCUT2D eigenvalue weighted by Crippen LogP contribution is -2.27. The molecule has 0 amide bonds. The second kappa shape index (κ2) is 7.31. The third-order valence-electron chi connectivity index (χ3n) is 5.40. The lowest BCUT2D eigenvalue weighted by Gasteiger charge is -2.31. The summed E-state index contributed by atoms with van der Waals surface area (Å²) in [4.78, 5) is 4.30. The molecule has 3 rings (SSSR count). The first-order chi connectivity index (χ1) is 11.2. The van der Waals surface area contributed by atoms with Crippen molar-refractivity contribution in [1.82, 2.24) is 9.55 Å². The molecule has 1 heterocycles. The Balaban J connectivity index is 1.87. The maximum Gasteiger partial charge on any atom is 0.0953 e. The normalized spacial score (nSPS) is 18.7. The smallest absolute Gasteiger partial charge is 0.0953 e. The Morgan fingerprint density at radius 2 is 1.91 bits per heavy atom. The fourth-order valence-corrected chi connectivity index (χ4v) is 3.99. The van der Waals surface area contributed by atoms with Crippen LogP contribution in [-0.2, 0) is 0 Å². The lowest BCUT2D eigenvalue weighted by atomic mass is 9.82. The minimum atomic E-state index is -0.235. The van der Waals surface area contributed by atoms with Gasteiger partial charge in [-0.1, -0.05) is 43.5 Å². The predicted octanol–water partition coefficient (Wildman–Crippen LogP) is 4.42. The summed E-state index contributed by atoms with van der Waals surface area (Å²) in [6, 6.07) is 8.67. The third kappa shape index (κ3) is 3.66. The second-order valence-corrected chi connectivity index (χ2v) is 7.02. The van der Waals surface area contributed by atoms with Crippen LogP contribution in [0.2, 0.25) is 0 Å². The number of imidazole rings is 1. The van der Waals surface area contributed by atoms with Crippen LogP contribution in [0, 0.1) is 19.8 Å². The molecule has 124 valence electrons. The Morgan fingerprint density at radius 3 is 2.57 bits per heavy atom. The number of rotatable bonds is 5. The van der Waals surface area contributed by atoms with E-state index in [2.05, 4.69) is 47.7 Å². The SMILES string of the molecule is Cc1ccccc1C(CC(O)C1CCCCC1)n1cncc1C. The van der Waals surface area contributed by atoms with Gasteiger partial charge in [-0.05, 0) is 50.2 Å². The van der Waals surface area contributed by atoms with Crippen LogP contribution < -0.4 is 0 Å². The molecular weight excluding hydrogens is 284 g/mol. The summed E-state index contributed by atoms with van der Waals surface area (Å²) in [5.74, 6) is 0.457. The van der Waals surface area contributed by atoms with E-state index in [9.17, 15) is 5.11 Å². The fourth-order valence-electron chi connectivity index (χ4n) is 3.99. The number of aliphatic hydroxyl groups is 1. The first-order valence-corrected chi connectivity index (χ1v) is 8.89. The standard InChI is InChI=1S/C20H28N2O/c1-15-8-6-7-11-18(15)19(22-14-21-13-16(22)2)12-20(23)17-9-4-3-5-10-17/h6-8,11,13-14,17,19-20,23H,3-5,9-10,12H2,1-2H3. The molecule has 0 radical (unpaired) electrons. The molecular formula is C20H28N2O. The summed E-state index contributed by atoms with van der Waals surface area (Å²) in [5.41, 5.74) is 3.72. The number of aryl methyl sites for hydroxylation is 2. The van der Waals surface area contributed by atoms with E-state index in [4.69, 9.17) is 0 Å². The molecule has 0 aliphatic heterocycles. The third-order valence-corrected chi connectivity index (χ3v) is 5.40. The largest absolute Gasteiger partial charge is 0.393 e. The number of aromatic nitrogens is 2. The van der Waals surface area contributed by atoms with Gasteiger partial charge in [0.05, 0.1) is 18.5 Å². The van der Waals surface area contributed by atoms with Crippen molar-refractivity contribution in [2.45, 2.75) is 64.5 Å². The molecule has 23 heavy (non-hydrogen) atoms. The van der Waals surface area contributed by atoms with Gasteiger partial charge in [-0.3, -0.25) is 0 Å². The summed E-state index contributed by atoms with van der Waals surface area (Å²) in [5, 5.41) is 10.9. The Kier molecular flexibility index (Phi) is 5.16. The van der Waals surface area contributed by atoms with Gasteiger partial charge in [0.2, 0.25) is 0 Å². The van der Waals surface area contributed by atoms with Crippen molar-refractivity contribution in [2.75, 3.05) is 0 Å². The van der Waals surface area contributed by atoms with Crippen LogP contribution in [0.5, 0.6) is 0 Å². The molecule has 1 aromatic heterocycles. The van der Waals surface area contributed by atoms with E-state index in [1.165, 1.54) is 43.2 Å². The van der Waals surface area contributed by atoms with E-state index in [0.717, 1.165) is 12.1 Å². The zero-order valence-corrected chi connectivity index (χ0v) is 14.3. The van der Waals surface area contributed by atoms with Crippen LogP contribution in [0.3, 0.4) is 0 Å². The van der Waals surface area contributed by atoms with Gasteiger partial charge in [0, 0.05) is 11.9 Å². The average Bonchev–Trinajstić information content (AvgIpc) is 3.00. The van der Waals surface area contributed by atoms with E-state index in [1.54, 1.807) is 0 Å². The number of benzene rings is 1. The quantitative estimate of drug-likeness (QED) is 0.887. The average molecular weight is 312 g/mol. The number of aliphatic hydroxyl groups excluding tert-OH is 1. The van der Waals surface area contributed by atoms with E-state index in [0.29, 0.717) is 5.92 Å². The highest BCUT2D eigenvalue weighted by Crippen LogP contribution is 2.33. The molecule has 1 aliphatic carbocycles. The first-order valence-electron chi connectivity index (χ1n) is 8.89. The Bertz CT molecular complexity index is 628. The monoisotopic (exact) mass is 312 g/mol. The fraction of sp³-hybridized carbons (Fsp3) is 0.550. The van der Waals surface area contributed by atoms with Gasteiger partial charge in [0.15, 0.2) is 0 Å². The minimum Gasteiger partial charge on any atom is -0.393 e. The number of nitrogens with zero attached hydrogens (tertiary/aromatic N) is 2. The van der Waals surface area contributed by atoms with Crippen LogP contribution in [0.4, 0.5) is 0 Å². The Labute approximate surface area is 139 Å². The van der Waals surface area contributed by atoms with Crippen LogP contribution in [0.15, 0.2) is 36.8 Å². The molecule has 0 saturated heterocycles. The highest BCUT2D eigenvalue weighted by molar-refractivity contribution is 5.30. The summed E-state index contributed by atoms with van der Waals surface area (Å²) >= 11 is 0. The molecule has 2 aromatic rings. The predicted molar refractivity (Wildman–Crippen MR) is 93.5 cm³/mol. The van der Waals surface area contributed by atoms with Gasteiger partial charge >= 0.3 is 0 Å². The molecule has 3 heteroatoms. The molecule has 3 nitrogen and oxygen atoms in total. The number of hydrogen-bond acceptors (Lipinski definition) is 2. The van der Waals surface area contributed by atoms with Crippen molar-refractivity contribution >= 4 is 0 Å².